The minimum atomic E-state index is -0.0252. The van der Waals surface area contributed by atoms with Crippen LogP contribution >= 0.6 is 0 Å². The van der Waals surface area contributed by atoms with Crippen LogP contribution < -0.4 is 16.2 Å². The topological polar surface area (TPSA) is 61.3 Å². The average Bonchev–Trinajstić information content (AvgIpc) is 2.32. The van der Waals surface area contributed by atoms with Crippen molar-refractivity contribution in [2.75, 3.05) is 13.7 Å². The first kappa shape index (κ1) is 15.0. The zero-order chi connectivity index (χ0) is 13.9. The molecular weight excluding hydrogens is 224 g/mol. The van der Waals surface area contributed by atoms with Gasteiger partial charge in [-0.05, 0) is 56.3 Å². The largest absolute Gasteiger partial charge is 0.496 e. The summed E-state index contributed by atoms with van der Waals surface area (Å²) < 4.78 is 5.58. The van der Waals surface area contributed by atoms with Gasteiger partial charge >= 0.3 is 0 Å². The third-order valence-electron chi connectivity index (χ3n) is 3.81. The number of ether oxygens (including phenoxy) is 1. The van der Waals surface area contributed by atoms with E-state index in [1.807, 2.05) is 0 Å². The Kier molecular flexibility index (Phi) is 5.17. The summed E-state index contributed by atoms with van der Waals surface area (Å²) in [5.74, 6) is 1.29. The lowest BCUT2D eigenvalue weighted by molar-refractivity contribution is 0.381. The molecule has 0 fully saturated rings. The first-order valence-electron chi connectivity index (χ1n) is 6.54. The first-order valence-corrected chi connectivity index (χ1v) is 6.54. The Morgan fingerprint density at radius 2 is 1.83 bits per heavy atom. The molecule has 0 aromatic heterocycles. The molecule has 0 bridgehead atoms. The van der Waals surface area contributed by atoms with Gasteiger partial charge in [-0.3, -0.25) is 0 Å². The molecule has 1 aromatic carbocycles. The summed E-state index contributed by atoms with van der Waals surface area (Å²) in [5.41, 5.74) is 16.7. The Morgan fingerprint density at radius 3 is 2.33 bits per heavy atom. The third kappa shape index (κ3) is 2.85. The van der Waals surface area contributed by atoms with Gasteiger partial charge in [0.15, 0.2) is 0 Å². The molecule has 0 radical (unpaired) electrons. The monoisotopic (exact) mass is 250 g/mol. The van der Waals surface area contributed by atoms with E-state index < -0.39 is 0 Å². The van der Waals surface area contributed by atoms with E-state index in [2.05, 4.69) is 33.8 Å². The standard InChI is InChI=1S/C15H26N2O/c1-9(6-7-16)14(17)13-11(3)8-10(2)12(4)15(13)18-5/h8-9,14H,6-7,16-17H2,1-5H3. The van der Waals surface area contributed by atoms with Crippen LogP contribution in [0.25, 0.3) is 0 Å². The molecule has 0 spiro atoms. The lowest BCUT2D eigenvalue weighted by Gasteiger charge is -2.25. The number of benzene rings is 1. The summed E-state index contributed by atoms with van der Waals surface area (Å²) in [6, 6.07) is 2.16. The van der Waals surface area contributed by atoms with Crippen LogP contribution in [0.5, 0.6) is 5.75 Å². The molecule has 0 heterocycles. The zero-order valence-electron chi connectivity index (χ0n) is 12.2. The molecule has 0 amide bonds. The number of methoxy groups -OCH3 is 1. The van der Waals surface area contributed by atoms with E-state index in [-0.39, 0.29) is 6.04 Å². The molecule has 2 atom stereocenters. The molecule has 0 saturated carbocycles. The minimum Gasteiger partial charge on any atom is -0.496 e. The van der Waals surface area contributed by atoms with Gasteiger partial charge < -0.3 is 16.2 Å². The van der Waals surface area contributed by atoms with Crippen LogP contribution in [-0.4, -0.2) is 13.7 Å². The lowest BCUT2D eigenvalue weighted by Crippen LogP contribution is -2.23. The molecule has 0 saturated heterocycles. The quantitative estimate of drug-likeness (QED) is 0.844. The van der Waals surface area contributed by atoms with E-state index in [1.54, 1.807) is 7.11 Å². The molecule has 3 heteroatoms. The highest BCUT2D eigenvalue weighted by molar-refractivity contribution is 5.51. The molecule has 102 valence electrons. The van der Waals surface area contributed by atoms with Crippen LogP contribution in [-0.2, 0) is 0 Å². The second kappa shape index (κ2) is 6.21. The minimum absolute atomic E-state index is 0.0252. The van der Waals surface area contributed by atoms with Gasteiger partial charge in [-0.2, -0.15) is 0 Å². The van der Waals surface area contributed by atoms with Crippen molar-refractivity contribution in [3.05, 3.63) is 28.3 Å². The Labute approximate surface area is 111 Å². The summed E-state index contributed by atoms with van der Waals surface area (Å²) in [4.78, 5) is 0. The van der Waals surface area contributed by atoms with E-state index >= 15 is 0 Å². The van der Waals surface area contributed by atoms with Crippen LogP contribution in [0.3, 0.4) is 0 Å². The fraction of sp³-hybridized carbons (Fsp3) is 0.600. The van der Waals surface area contributed by atoms with Crippen molar-refractivity contribution < 1.29 is 4.74 Å². The fourth-order valence-electron chi connectivity index (χ4n) is 2.48. The van der Waals surface area contributed by atoms with Gasteiger partial charge in [0.25, 0.3) is 0 Å². The molecule has 18 heavy (non-hydrogen) atoms. The Morgan fingerprint density at radius 1 is 1.22 bits per heavy atom. The van der Waals surface area contributed by atoms with E-state index in [1.165, 1.54) is 16.7 Å². The normalized spacial score (nSPS) is 14.4. The van der Waals surface area contributed by atoms with Crippen molar-refractivity contribution in [2.45, 2.75) is 40.2 Å². The Hall–Kier alpha value is -1.06. The van der Waals surface area contributed by atoms with Crippen LogP contribution in [0.2, 0.25) is 0 Å². The summed E-state index contributed by atoms with van der Waals surface area (Å²) in [6.45, 7) is 9.09. The van der Waals surface area contributed by atoms with Gasteiger partial charge in [0.2, 0.25) is 0 Å². The van der Waals surface area contributed by atoms with Crippen LogP contribution in [0, 0.1) is 26.7 Å². The maximum absolute atomic E-state index is 6.39. The molecule has 0 aliphatic carbocycles. The maximum Gasteiger partial charge on any atom is 0.127 e. The van der Waals surface area contributed by atoms with Gasteiger partial charge in [-0.25, -0.2) is 0 Å². The van der Waals surface area contributed by atoms with E-state index in [4.69, 9.17) is 16.2 Å². The summed E-state index contributed by atoms with van der Waals surface area (Å²) in [5, 5.41) is 0. The zero-order valence-corrected chi connectivity index (χ0v) is 12.2. The van der Waals surface area contributed by atoms with Crippen molar-refractivity contribution in [3.63, 3.8) is 0 Å². The summed E-state index contributed by atoms with van der Waals surface area (Å²) in [7, 11) is 1.71. The van der Waals surface area contributed by atoms with Crippen molar-refractivity contribution in [3.8, 4) is 5.75 Å². The second-order valence-electron chi connectivity index (χ2n) is 5.16. The van der Waals surface area contributed by atoms with Crippen molar-refractivity contribution >= 4 is 0 Å². The van der Waals surface area contributed by atoms with Crippen LogP contribution in [0.4, 0.5) is 0 Å². The molecule has 1 rings (SSSR count). The number of nitrogens with two attached hydrogens (primary N) is 2. The lowest BCUT2D eigenvalue weighted by atomic mass is 9.87. The van der Waals surface area contributed by atoms with Crippen LogP contribution in [0.15, 0.2) is 6.07 Å². The Balaban J connectivity index is 3.26. The molecule has 2 unspecified atom stereocenters. The second-order valence-corrected chi connectivity index (χ2v) is 5.16. The van der Waals surface area contributed by atoms with Gasteiger partial charge in [0.1, 0.15) is 5.75 Å². The smallest absolute Gasteiger partial charge is 0.127 e. The van der Waals surface area contributed by atoms with E-state index in [0.717, 1.165) is 17.7 Å². The van der Waals surface area contributed by atoms with Crippen molar-refractivity contribution in [1.29, 1.82) is 0 Å². The summed E-state index contributed by atoms with van der Waals surface area (Å²) in [6.07, 6.45) is 0.927. The molecule has 0 aliphatic heterocycles. The highest BCUT2D eigenvalue weighted by Gasteiger charge is 2.22. The number of hydrogen-bond acceptors (Lipinski definition) is 3. The van der Waals surface area contributed by atoms with Gasteiger partial charge in [-0.15, -0.1) is 0 Å². The maximum atomic E-state index is 6.39. The summed E-state index contributed by atoms with van der Waals surface area (Å²) >= 11 is 0. The first-order chi connectivity index (χ1) is 8.43. The van der Waals surface area contributed by atoms with E-state index in [0.29, 0.717) is 12.5 Å². The van der Waals surface area contributed by atoms with Crippen molar-refractivity contribution in [1.82, 2.24) is 0 Å². The van der Waals surface area contributed by atoms with Gasteiger partial charge in [-0.1, -0.05) is 13.0 Å². The number of aryl methyl sites for hydroxylation is 2. The number of hydrogen-bond donors (Lipinski definition) is 2. The molecule has 3 nitrogen and oxygen atoms in total. The van der Waals surface area contributed by atoms with E-state index in [9.17, 15) is 0 Å². The fourth-order valence-corrected chi connectivity index (χ4v) is 2.48. The SMILES string of the molecule is COc1c(C)c(C)cc(C)c1C(N)C(C)CCN. The molecular formula is C15H26N2O. The Bertz CT molecular complexity index is 415. The van der Waals surface area contributed by atoms with Gasteiger partial charge in [0.05, 0.1) is 7.11 Å². The molecule has 4 N–H and O–H groups in total. The molecule has 0 aliphatic rings. The van der Waals surface area contributed by atoms with Gasteiger partial charge in [0, 0.05) is 11.6 Å². The van der Waals surface area contributed by atoms with Crippen molar-refractivity contribution in [2.24, 2.45) is 17.4 Å². The highest BCUT2D eigenvalue weighted by atomic mass is 16.5. The molecule has 1 aromatic rings. The average molecular weight is 250 g/mol. The number of rotatable bonds is 5. The predicted molar refractivity (Wildman–Crippen MR) is 77.0 cm³/mol. The predicted octanol–water partition coefficient (Wildman–Crippen LogP) is 2.61. The van der Waals surface area contributed by atoms with Crippen LogP contribution in [0.1, 0.15) is 41.6 Å². The third-order valence-corrected chi connectivity index (χ3v) is 3.81. The highest BCUT2D eigenvalue weighted by Crippen LogP contribution is 2.36.